The molecule has 0 aromatic heterocycles. The molecular weight excluding hydrogens is 152 g/mol. The van der Waals surface area contributed by atoms with Gasteiger partial charge in [-0.2, -0.15) is 0 Å². The average Bonchev–Trinajstić information content (AvgIpc) is 2.01. The molecule has 1 N–H and O–H groups in total. The highest BCUT2D eigenvalue weighted by atomic mass is 16.5. The molecule has 3 heteroatoms. The number of likely N-dealkylation sites (N-methyl/N-ethyl adjacent to an activating group) is 1. The Balaban J connectivity index is 2.14. The smallest absolute Gasteiger partial charge is 0.0826 e. The fourth-order valence-corrected chi connectivity index (χ4v) is 1.36. The molecule has 1 saturated heterocycles. The van der Waals surface area contributed by atoms with Gasteiger partial charge in [-0.25, -0.2) is 0 Å². The Kier molecular flexibility index (Phi) is 3.98. The number of nitrogens with one attached hydrogen (secondary N) is 1. The molecule has 0 aromatic carbocycles. The molecule has 0 aromatic rings. The lowest BCUT2D eigenvalue weighted by Crippen LogP contribution is -2.45. The van der Waals surface area contributed by atoms with Crippen molar-refractivity contribution in [1.29, 1.82) is 0 Å². The second-order valence-corrected chi connectivity index (χ2v) is 3.82. The summed E-state index contributed by atoms with van der Waals surface area (Å²) in [4.78, 5) is 2.32. The van der Waals surface area contributed by atoms with Crippen LogP contribution in [0.2, 0.25) is 0 Å². The lowest BCUT2D eigenvalue weighted by atomic mass is 10.2. The van der Waals surface area contributed by atoms with E-state index in [1.165, 1.54) is 0 Å². The summed E-state index contributed by atoms with van der Waals surface area (Å²) in [6.07, 6.45) is 0.381. The van der Waals surface area contributed by atoms with Gasteiger partial charge in [-0.05, 0) is 7.05 Å². The minimum absolute atomic E-state index is 0.381. The van der Waals surface area contributed by atoms with E-state index >= 15 is 0 Å². The van der Waals surface area contributed by atoms with Crippen molar-refractivity contribution < 1.29 is 4.74 Å². The standard InChI is InChI=1S/C9H20N2O/c1-8(2)10-6-9-7-11(3)4-5-12-9/h8-10H,4-7H2,1-3H3/t9-/m1/s1. The van der Waals surface area contributed by atoms with Gasteiger partial charge in [-0.1, -0.05) is 13.8 Å². The lowest BCUT2D eigenvalue weighted by Gasteiger charge is -2.30. The number of morpholine rings is 1. The van der Waals surface area contributed by atoms with Gasteiger partial charge in [0.2, 0.25) is 0 Å². The van der Waals surface area contributed by atoms with E-state index in [2.05, 4.69) is 31.1 Å². The van der Waals surface area contributed by atoms with E-state index in [-0.39, 0.29) is 0 Å². The zero-order valence-corrected chi connectivity index (χ0v) is 8.34. The van der Waals surface area contributed by atoms with Crippen LogP contribution in [0.5, 0.6) is 0 Å². The Morgan fingerprint density at radius 1 is 1.58 bits per heavy atom. The first kappa shape index (κ1) is 9.96. The van der Waals surface area contributed by atoms with Crippen LogP contribution in [-0.4, -0.2) is 50.3 Å². The van der Waals surface area contributed by atoms with Gasteiger partial charge < -0.3 is 15.0 Å². The van der Waals surface area contributed by atoms with E-state index in [0.29, 0.717) is 12.1 Å². The van der Waals surface area contributed by atoms with Gasteiger partial charge in [-0.3, -0.25) is 0 Å². The van der Waals surface area contributed by atoms with Crippen LogP contribution in [0, 0.1) is 0 Å². The highest BCUT2D eigenvalue weighted by Crippen LogP contribution is 2.01. The Bertz CT molecular complexity index is 128. The van der Waals surface area contributed by atoms with Crippen molar-refractivity contribution in [3.8, 4) is 0 Å². The number of rotatable bonds is 3. The van der Waals surface area contributed by atoms with Gasteiger partial charge in [0.25, 0.3) is 0 Å². The fourth-order valence-electron chi connectivity index (χ4n) is 1.36. The third-order valence-corrected chi connectivity index (χ3v) is 2.10. The van der Waals surface area contributed by atoms with Crippen molar-refractivity contribution in [2.24, 2.45) is 0 Å². The highest BCUT2D eigenvalue weighted by Gasteiger charge is 2.16. The Hall–Kier alpha value is -0.120. The Morgan fingerprint density at radius 3 is 2.92 bits per heavy atom. The molecule has 0 bridgehead atoms. The number of hydrogen-bond donors (Lipinski definition) is 1. The van der Waals surface area contributed by atoms with Crippen molar-refractivity contribution in [1.82, 2.24) is 10.2 Å². The summed E-state index contributed by atoms with van der Waals surface area (Å²) >= 11 is 0. The van der Waals surface area contributed by atoms with E-state index in [1.807, 2.05) is 0 Å². The van der Waals surface area contributed by atoms with Gasteiger partial charge in [0.05, 0.1) is 12.7 Å². The second-order valence-electron chi connectivity index (χ2n) is 3.82. The van der Waals surface area contributed by atoms with Gasteiger partial charge in [0, 0.05) is 25.7 Å². The number of hydrogen-bond acceptors (Lipinski definition) is 3. The zero-order valence-electron chi connectivity index (χ0n) is 8.34. The summed E-state index contributed by atoms with van der Waals surface area (Å²) in [5.74, 6) is 0. The Labute approximate surface area is 75.1 Å². The minimum atomic E-state index is 0.381. The van der Waals surface area contributed by atoms with Crippen molar-refractivity contribution >= 4 is 0 Å². The van der Waals surface area contributed by atoms with Crippen LogP contribution < -0.4 is 5.32 Å². The maximum Gasteiger partial charge on any atom is 0.0826 e. The minimum Gasteiger partial charge on any atom is -0.374 e. The molecule has 1 rings (SSSR count). The molecule has 3 nitrogen and oxygen atoms in total. The molecule has 0 unspecified atom stereocenters. The molecule has 0 amide bonds. The molecule has 0 spiro atoms. The normalized spacial score (nSPS) is 26.5. The van der Waals surface area contributed by atoms with E-state index in [1.54, 1.807) is 0 Å². The predicted molar refractivity (Wildman–Crippen MR) is 50.4 cm³/mol. The highest BCUT2D eigenvalue weighted by molar-refractivity contribution is 4.71. The van der Waals surface area contributed by atoms with Crippen LogP contribution in [0.25, 0.3) is 0 Å². The molecule has 1 aliphatic heterocycles. The van der Waals surface area contributed by atoms with E-state index in [0.717, 1.165) is 26.2 Å². The third kappa shape index (κ3) is 3.52. The molecular formula is C9H20N2O. The molecule has 1 fully saturated rings. The van der Waals surface area contributed by atoms with Crippen LogP contribution in [0.3, 0.4) is 0 Å². The van der Waals surface area contributed by atoms with Gasteiger partial charge >= 0.3 is 0 Å². The molecule has 1 aliphatic rings. The van der Waals surface area contributed by atoms with Crippen LogP contribution in [0.1, 0.15) is 13.8 Å². The van der Waals surface area contributed by atoms with Crippen LogP contribution in [0.4, 0.5) is 0 Å². The van der Waals surface area contributed by atoms with Crippen LogP contribution in [-0.2, 0) is 4.74 Å². The second kappa shape index (κ2) is 4.80. The maximum absolute atomic E-state index is 5.59. The maximum atomic E-state index is 5.59. The Morgan fingerprint density at radius 2 is 2.33 bits per heavy atom. The summed E-state index contributed by atoms with van der Waals surface area (Å²) in [5.41, 5.74) is 0. The van der Waals surface area contributed by atoms with Crippen molar-refractivity contribution in [2.45, 2.75) is 26.0 Å². The van der Waals surface area contributed by atoms with Gasteiger partial charge in [0.1, 0.15) is 0 Å². The summed E-state index contributed by atoms with van der Waals surface area (Å²) in [5, 5.41) is 3.38. The topological polar surface area (TPSA) is 24.5 Å². The van der Waals surface area contributed by atoms with Crippen molar-refractivity contribution in [3.63, 3.8) is 0 Å². The molecule has 0 aliphatic carbocycles. The third-order valence-electron chi connectivity index (χ3n) is 2.10. The quantitative estimate of drug-likeness (QED) is 0.663. The van der Waals surface area contributed by atoms with Gasteiger partial charge in [0.15, 0.2) is 0 Å². The average molecular weight is 172 g/mol. The monoisotopic (exact) mass is 172 g/mol. The first-order valence-electron chi connectivity index (χ1n) is 4.72. The number of ether oxygens (including phenoxy) is 1. The molecule has 0 saturated carbocycles. The van der Waals surface area contributed by atoms with E-state index < -0.39 is 0 Å². The molecule has 1 atom stereocenters. The molecule has 12 heavy (non-hydrogen) atoms. The van der Waals surface area contributed by atoms with Gasteiger partial charge in [-0.15, -0.1) is 0 Å². The summed E-state index contributed by atoms with van der Waals surface area (Å²) < 4.78 is 5.59. The first-order valence-corrected chi connectivity index (χ1v) is 4.72. The van der Waals surface area contributed by atoms with Crippen molar-refractivity contribution in [3.05, 3.63) is 0 Å². The molecule has 0 radical (unpaired) electrons. The van der Waals surface area contributed by atoms with Crippen LogP contribution in [0.15, 0.2) is 0 Å². The fraction of sp³-hybridized carbons (Fsp3) is 1.00. The predicted octanol–water partition coefficient (Wildman–Crippen LogP) is 0.315. The van der Waals surface area contributed by atoms with Crippen molar-refractivity contribution in [2.75, 3.05) is 33.3 Å². The summed E-state index contributed by atoms with van der Waals surface area (Å²) in [7, 11) is 2.14. The summed E-state index contributed by atoms with van der Waals surface area (Å²) in [6.45, 7) is 8.29. The lowest BCUT2D eigenvalue weighted by molar-refractivity contribution is -0.0188. The zero-order chi connectivity index (χ0) is 8.97. The summed E-state index contributed by atoms with van der Waals surface area (Å²) in [6, 6.07) is 0.556. The first-order chi connectivity index (χ1) is 5.68. The van der Waals surface area contributed by atoms with E-state index in [9.17, 15) is 0 Å². The van der Waals surface area contributed by atoms with Crippen LogP contribution >= 0.6 is 0 Å². The molecule has 1 heterocycles. The molecule has 72 valence electrons. The SMILES string of the molecule is CC(C)NC[C@@H]1CN(C)CCO1. The largest absolute Gasteiger partial charge is 0.374 e. The number of nitrogens with zero attached hydrogens (tertiary/aromatic N) is 1. The van der Waals surface area contributed by atoms with E-state index in [4.69, 9.17) is 4.74 Å².